The van der Waals surface area contributed by atoms with Gasteiger partial charge in [0.1, 0.15) is 4.88 Å². The van der Waals surface area contributed by atoms with Crippen LogP contribution in [0.15, 0.2) is 35.7 Å². The van der Waals surface area contributed by atoms with Crippen LogP contribution in [0.4, 0.5) is 21.9 Å². The Kier molecular flexibility index (Phi) is 4.21. The lowest BCUT2D eigenvalue weighted by Gasteiger charge is -2.07. The summed E-state index contributed by atoms with van der Waals surface area (Å²) in [5.74, 6) is -0.285. The lowest BCUT2D eigenvalue weighted by Crippen LogP contribution is -2.13. The third-order valence-corrected chi connectivity index (χ3v) is 3.38. The zero-order valence-electron chi connectivity index (χ0n) is 10.7. The Labute approximate surface area is 119 Å². The van der Waals surface area contributed by atoms with Crippen molar-refractivity contribution in [3.8, 4) is 0 Å². The number of benzene rings is 1. The second-order valence-corrected chi connectivity index (χ2v) is 4.77. The molecule has 0 saturated carbocycles. The van der Waals surface area contributed by atoms with Gasteiger partial charge in [0.05, 0.1) is 12.8 Å². The first-order chi connectivity index (χ1) is 9.60. The molecule has 0 bridgehead atoms. The minimum absolute atomic E-state index is 0.285. The zero-order chi connectivity index (χ0) is 14.5. The molecule has 1 aromatic carbocycles. The Morgan fingerprint density at radius 2 is 1.90 bits per heavy atom. The number of thiophene rings is 1. The average molecular weight is 291 g/mol. The Balaban J connectivity index is 2.10. The van der Waals surface area contributed by atoms with Gasteiger partial charge >= 0.3 is 6.09 Å². The minimum atomic E-state index is -0.573. The van der Waals surface area contributed by atoms with Crippen LogP contribution in [0.1, 0.15) is 9.67 Å². The van der Waals surface area contributed by atoms with Crippen LogP contribution in [0.25, 0.3) is 0 Å². The van der Waals surface area contributed by atoms with Gasteiger partial charge in [0.25, 0.3) is 5.91 Å². The largest absolute Gasteiger partial charge is 0.453 e. The van der Waals surface area contributed by atoms with Gasteiger partial charge in [-0.1, -0.05) is 6.07 Å². The first kappa shape index (κ1) is 13.9. The summed E-state index contributed by atoms with van der Waals surface area (Å²) < 4.78 is 4.50. The van der Waals surface area contributed by atoms with E-state index in [0.717, 1.165) is 0 Å². The van der Waals surface area contributed by atoms with Gasteiger partial charge in [-0.3, -0.25) is 10.1 Å². The maximum atomic E-state index is 12.0. The number of amides is 2. The summed E-state index contributed by atoms with van der Waals surface area (Å²) in [4.78, 5) is 23.6. The van der Waals surface area contributed by atoms with Crippen molar-refractivity contribution in [2.24, 2.45) is 0 Å². The number of methoxy groups -OCH3 is 1. The number of carbonyl (C=O) groups is 2. The van der Waals surface area contributed by atoms with Crippen molar-refractivity contribution in [3.63, 3.8) is 0 Å². The molecule has 20 heavy (non-hydrogen) atoms. The Bertz CT molecular complexity index is 639. The van der Waals surface area contributed by atoms with Crippen molar-refractivity contribution in [2.75, 3.05) is 23.5 Å². The van der Waals surface area contributed by atoms with E-state index in [0.29, 0.717) is 21.9 Å². The SMILES string of the molecule is COC(=O)Nc1cccc(NC(=O)c2sccc2N)c1. The molecule has 2 aromatic rings. The highest BCUT2D eigenvalue weighted by atomic mass is 32.1. The lowest BCUT2D eigenvalue weighted by atomic mass is 10.2. The summed E-state index contributed by atoms with van der Waals surface area (Å²) >= 11 is 1.27. The maximum Gasteiger partial charge on any atom is 0.411 e. The zero-order valence-corrected chi connectivity index (χ0v) is 11.5. The number of ether oxygens (including phenoxy) is 1. The number of rotatable bonds is 3. The number of nitrogens with one attached hydrogen (secondary N) is 2. The number of nitrogens with two attached hydrogens (primary N) is 1. The molecule has 0 radical (unpaired) electrons. The maximum absolute atomic E-state index is 12.0. The van der Waals surface area contributed by atoms with Gasteiger partial charge < -0.3 is 15.8 Å². The predicted molar refractivity (Wildman–Crippen MR) is 79.2 cm³/mol. The van der Waals surface area contributed by atoms with Crippen LogP contribution in [0.3, 0.4) is 0 Å². The quantitative estimate of drug-likeness (QED) is 0.810. The van der Waals surface area contributed by atoms with Gasteiger partial charge in [-0.15, -0.1) is 11.3 Å². The van der Waals surface area contributed by atoms with E-state index in [2.05, 4.69) is 15.4 Å². The van der Waals surface area contributed by atoms with Gasteiger partial charge in [0, 0.05) is 11.4 Å². The Morgan fingerprint density at radius 3 is 2.50 bits per heavy atom. The standard InChI is InChI=1S/C13H13N3O3S/c1-19-13(18)16-9-4-2-3-8(7-9)15-12(17)11-10(14)5-6-20-11/h2-7H,14H2,1H3,(H,15,17)(H,16,18). The van der Waals surface area contributed by atoms with Gasteiger partial charge in [-0.2, -0.15) is 0 Å². The molecule has 6 nitrogen and oxygen atoms in total. The molecule has 0 unspecified atom stereocenters. The van der Waals surface area contributed by atoms with Gasteiger partial charge in [-0.25, -0.2) is 4.79 Å². The van der Waals surface area contributed by atoms with Crippen molar-refractivity contribution in [1.82, 2.24) is 0 Å². The molecular formula is C13H13N3O3S. The Morgan fingerprint density at radius 1 is 1.20 bits per heavy atom. The summed E-state index contributed by atoms with van der Waals surface area (Å²) in [5, 5.41) is 6.98. The third kappa shape index (κ3) is 3.27. The molecule has 0 atom stereocenters. The molecule has 0 aliphatic rings. The normalized spacial score (nSPS) is 9.85. The fourth-order valence-electron chi connectivity index (χ4n) is 1.54. The van der Waals surface area contributed by atoms with Gasteiger partial charge in [0.2, 0.25) is 0 Å². The molecule has 0 spiro atoms. The van der Waals surface area contributed by atoms with Crippen LogP contribution >= 0.6 is 11.3 Å². The van der Waals surface area contributed by atoms with Crippen LogP contribution < -0.4 is 16.4 Å². The lowest BCUT2D eigenvalue weighted by molar-refractivity contribution is 0.103. The molecule has 0 aliphatic heterocycles. The fraction of sp³-hybridized carbons (Fsp3) is 0.0769. The van der Waals surface area contributed by atoms with E-state index in [1.54, 1.807) is 35.7 Å². The van der Waals surface area contributed by atoms with Crippen LogP contribution in [0, 0.1) is 0 Å². The van der Waals surface area contributed by atoms with E-state index in [4.69, 9.17) is 5.73 Å². The molecule has 7 heteroatoms. The van der Waals surface area contributed by atoms with Crippen LogP contribution in [-0.2, 0) is 4.74 Å². The molecule has 0 fully saturated rings. The highest BCUT2D eigenvalue weighted by molar-refractivity contribution is 7.12. The minimum Gasteiger partial charge on any atom is -0.453 e. The molecular weight excluding hydrogens is 278 g/mol. The first-order valence-corrected chi connectivity index (χ1v) is 6.57. The number of nitrogen functional groups attached to an aromatic ring is 1. The summed E-state index contributed by atoms with van der Waals surface area (Å²) in [5.41, 5.74) is 7.20. The van der Waals surface area contributed by atoms with Crippen LogP contribution in [0.2, 0.25) is 0 Å². The van der Waals surface area contributed by atoms with Crippen LogP contribution in [-0.4, -0.2) is 19.1 Å². The highest BCUT2D eigenvalue weighted by Crippen LogP contribution is 2.21. The monoisotopic (exact) mass is 291 g/mol. The van der Waals surface area contributed by atoms with Gasteiger partial charge in [-0.05, 0) is 29.6 Å². The topological polar surface area (TPSA) is 93.5 Å². The number of anilines is 3. The summed E-state index contributed by atoms with van der Waals surface area (Å²) in [6, 6.07) is 8.41. The number of hydrogen-bond acceptors (Lipinski definition) is 5. The van der Waals surface area contributed by atoms with E-state index in [-0.39, 0.29) is 5.91 Å². The molecule has 0 aliphatic carbocycles. The molecule has 2 amide bonds. The van der Waals surface area contributed by atoms with Crippen molar-refractivity contribution < 1.29 is 14.3 Å². The molecule has 4 N–H and O–H groups in total. The molecule has 104 valence electrons. The summed E-state index contributed by atoms with van der Waals surface area (Å²) in [6.07, 6.45) is -0.573. The average Bonchev–Trinajstić information content (AvgIpc) is 2.85. The second-order valence-electron chi connectivity index (χ2n) is 3.86. The molecule has 2 rings (SSSR count). The Hall–Kier alpha value is -2.54. The second kappa shape index (κ2) is 6.07. The van der Waals surface area contributed by atoms with Crippen LogP contribution in [0.5, 0.6) is 0 Å². The third-order valence-electron chi connectivity index (χ3n) is 2.45. The molecule has 1 heterocycles. The number of hydrogen-bond donors (Lipinski definition) is 3. The van der Waals surface area contributed by atoms with Crippen molar-refractivity contribution in [1.29, 1.82) is 0 Å². The van der Waals surface area contributed by atoms with Crippen molar-refractivity contribution >= 4 is 40.4 Å². The van der Waals surface area contributed by atoms with E-state index >= 15 is 0 Å². The van der Waals surface area contributed by atoms with E-state index in [1.165, 1.54) is 18.4 Å². The summed E-state index contributed by atoms with van der Waals surface area (Å²) in [7, 11) is 1.28. The van der Waals surface area contributed by atoms with Crippen molar-refractivity contribution in [3.05, 3.63) is 40.6 Å². The predicted octanol–water partition coefficient (Wildman–Crippen LogP) is 2.76. The smallest absolute Gasteiger partial charge is 0.411 e. The summed E-state index contributed by atoms with van der Waals surface area (Å²) in [6.45, 7) is 0. The van der Waals surface area contributed by atoms with E-state index < -0.39 is 6.09 Å². The van der Waals surface area contributed by atoms with E-state index in [9.17, 15) is 9.59 Å². The fourth-order valence-corrected chi connectivity index (χ4v) is 2.25. The molecule has 0 saturated heterocycles. The molecule has 1 aromatic heterocycles. The highest BCUT2D eigenvalue weighted by Gasteiger charge is 2.11. The first-order valence-electron chi connectivity index (χ1n) is 5.69. The van der Waals surface area contributed by atoms with Gasteiger partial charge in [0.15, 0.2) is 0 Å². The van der Waals surface area contributed by atoms with Crippen molar-refractivity contribution in [2.45, 2.75) is 0 Å². The van der Waals surface area contributed by atoms with E-state index in [1.807, 2.05) is 0 Å². The number of carbonyl (C=O) groups excluding carboxylic acids is 2.